The fourth-order valence-corrected chi connectivity index (χ4v) is 3.63. The van der Waals surface area contributed by atoms with Crippen LogP contribution in [0.1, 0.15) is 12.0 Å². The molecule has 156 valence electrons. The third kappa shape index (κ3) is 6.12. The number of ether oxygens (including phenoxy) is 2. The fourth-order valence-electron chi connectivity index (χ4n) is 3.63. The number of carbonyl (C=O) groups excluding carboxylic acids is 1. The lowest BCUT2D eigenvalue weighted by Gasteiger charge is -2.36. The molecular formula is C23H31N3O3. The minimum Gasteiger partial charge on any atom is -0.497 e. The summed E-state index contributed by atoms with van der Waals surface area (Å²) in [5.41, 5.74) is 2.16. The van der Waals surface area contributed by atoms with Gasteiger partial charge in [0.1, 0.15) is 11.5 Å². The van der Waals surface area contributed by atoms with Gasteiger partial charge in [-0.05, 0) is 42.8 Å². The molecule has 1 aliphatic heterocycles. The van der Waals surface area contributed by atoms with Gasteiger partial charge in [-0.3, -0.25) is 9.69 Å². The Balaban J connectivity index is 1.33. The number of hydrogen-bond donors (Lipinski definition) is 1. The van der Waals surface area contributed by atoms with Gasteiger partial charge in [-0.25, -0.2) is 0 Å². The lowest BCUT2D eigenvalue weighted by molar-refractivity contribution is -0.120. The third-order valence-corrected chi connectivity index (χ3v) is 5.30. The van der Waals surface area contributed by atoms with Gasteiger partial charge in [0.2, 0.25) is 5.91 Å². The summed E-state index contributed by atoms with van der Waals surface area (Å²) in [4.78, 5) is 16.9. The van der Waals surface area contributed by atoms with Crippen LogP contribution in [0.3, 0.4) is 0 Å². The molecule has 1 amide bonds. The predicted molar refractivity (Wildman–Crippen MR) is 116 cm³/mol. The first-order valence-corrected chi connectivity index (χ1v) is 10.2. The molecule has 0 unspecified atom stereocenters. The van der Waals surface area contributed by atoms with Gasteiger partial charge in [0.25, 0.3) is 0 Å². The van der Waals surface area contributed by atoms with E-state index < -0.39 is 0 Å². The molecule has 0 bridgehead atoms. The summed E-state index contributed by atoms with van der Waals surface area (Å²) in [5, 5.41) is 3.03. The van der Waals surface area contributed by atoms with Gasteiger partial charge >= 0.3 is 0 Å². The number of nitrogens with zero attached hydrogens (tertiary/aromatic N) is 2. The van der Waals surface area contributed by atoms with Crippen molar-refractivity contribution in [2.45, 2.75) is 12.8 Å². The van der Waals surface area contributed by atoms with Crippen molar-refractivity contribution < 1.29 is 14.3 Å². The second kappa shape index (κ2) is 10.7. The maximum absolute atomic E-state index is 12.1. The first-order chi connectivity index (χ1) is 14.2. The van der Waals surface area contributed by atoms with Crippen LogP contribution in [0, 0.1) is 0 Å². The molecule has 6 nitrogen and oxygen atoms in total. The van der Waals surface area contributed by atoms with Crippen LogP contribution in [0.4, 0.5) is 5.69 Å². The topological polar surface area (TPSA) is 54.0 Å². The van der Waals surface area contributed by atoms with Gasteiger partial charge in [-0.2, -0.15) is 0 Å². The lowest BCUT2D eigenvalue weighted by atomic mass is 10.1. The molecule has 1 saturated heterocycles. The van der Waals surface area contributed by atoms with E-state index >= 15 is 0 Å². The van der Waals surface area contributed by atoms with E-state index in [9.17, 15) is 4.79 Å². The van der Waals surface area contributed by atoms with E-state index in [2.05, 4.69) is 27.2 Å². The van der Waals surface area contributed by atoms with Crippen molar-refractivity contribution in [2.75, 3.05) is 58.4 Å². The molecule has 29 heavy (non-hydrogen) atoms. The van der Waals surface area contributed by atoms with E-state index in [1.807, 2.05) is 36.4 Å². The molecule has 0 radical (unpaired) electrons. The third-order valence-electron chi connectivity index (χ3n) is 5.30. The van der Waals surface area contributed by atoms with Crippen molar-refractivity contribution in [3.05, 3.63) is 54.1 Å². The Hall–Kier alpha value is -2.73. The summed E-state index contributed by atoms with van der Waals surface area (Å²) in [7, 11) is 3.36. The van der Waals surface area contributed by atoms with Crippen LogP contribution in [-0.4, -0.2) is 64.3 Å². The molecule has 0 atom stereocenters. The highest BCUT2D eigenvalue weighted by atomic mass is 16.5. The van der Waals surface area contributed by atoms with Crippen molar-refractivity contribution in [3.63, 3.8) is 0 Å². The number of piperazine rings is 1. The zero-order valence-corrected chi connectivity index (χ0v) is 17.4. The first kappa shape index (κ1) is 21.0. The van der Waals surface area contributed by atoms with E-state index in [0.29, 0.717) is 13.0 Å². The maximum Gasteiger partial charge on any atom is 0.224 e. The van der Waals surface area contributed by atoms with Gasteiger partial charge < -0.3 is 19.7 Å². The number of para-hydroxylation sites is 2. The summed E-state index contributed by atoms with van der Waals surface area (Å²) in [6.07, 6.45) is 1.37. The van der Waals surface area contributed by atoms with Gasteiger partial charge in [0.05, 0.1) is 26.3 Å². The molecule has 1 fully saturated rings. The predicted octanol–water partition coefficient (Wildman–Crippen LogP) is 2.57. The highest BCUT2D eigenvalue weighted by molar-refractivity contribution is 5.78. The minimum atomic E-state index is 0.0659. The number of benzene rings is 2. The van der Waals surface area contributed by atoms with Crippen molar-refractivity contribution >= 4 is 11.6 Å². The molecule has 0 aliphatic carbocycles. The molecule has 1 N–H and O–H groups in total. The number of anilines is 1. The number of nitrogens with one attached hydrogen (secondary N) is 1. The Morgan fingerprint density at radius 1 is 0.966 bits per heavy atom. The maximum atomic E-state index is 12.1. The second-order valence-electron chi connectivity index (χ2n) is 7.23. The zero-order valence-electron chi connectivity index (χ0n) is 17.4. The zero-order chi connectivity index (χ0) is 20.5. The number of methoxy groups -OCH3 is 2. The van der Waals surface area contributed by atoms with Crippen LogP contribution >= 0.6 is 0 Å². The van der Waals surface area contributed by atoms with Gasteiger partial charge in [0, 0.05) is 32.7 Å². The average molecular weight is 398 g/mol. The highest BCUT2D eigenvalue weighted by Gasteiger charge is 2.19. The van der Waals surface area contributed by atoms with Crippen LogP contribution in [0.25, 0.3) is 0 Å². The molecule has 1 aliphatic rings. The Kier molecular flexibility index (Phi) is 7.76. The van der Waals surface area contributed by atoms with Gasteiger partial charge in [-0.1, -0.05) is 24.3 Å². The molecule has 6 heteroatoms. The van der Waals surface area contributed by atoms with E-state index in [4.69, 9.17) is 9.47 Å². The van der Waals surface area contributed by atoms with Crippen LogP contribution in [0.5, 0.6) is 11.5 Å². The van der Waals surface area contributed by atoms with Crippen LogP contribution < -0.4 is 19.7 Å². The van der Waals surface area contributed by atoms with Gasteiger partial charge in [-0.15, -0.1) is 0 Å². The largest absolute Gasteiger partial charge is 0.497 e. The smallest absolute Gasteiger partial charge is 0.224 e. The standard InChI is InChI=1S/C23H31N3O3/c1-28-20-10-8-19(9-11-20)18-23(27)24-12-5-13-25-14-16-26(17-15-25)21-6-3-4-7-22(21)29-2/h3-4,6-11H,5,12-18H2,1-2H3,(H,24,27). The van der Waals surface area contributed by atoms with E-state index in [-0.39, 0.29) is 5.91 Å². The van der Waals surface area contributed by atoms with Crippen LogP contribution in [0.2, 0.25) is 0 Å². The van der Waals surface area contributed by atoms with Crippen molar-refractivity contribution in [1.29, 1.82) is 0 Å². The van der Waals surface area contributed by atoms with E-state index in [1.54, 1.807) is 14.2 Å². The Bertz CT molecular complexity index is 771. The SMILES string of the molecule is COc1ccc(CC(=O)NCCCN2CCN(c3ccccc3OC)CC2)cc1. The molecule has 0 spiro atoms. The van der Waals surface area contributed by atoms with E-state index in [1.165, 1.54) is 5.69 Å². The lowest BCUT2D eigenvalue weighted by Crippen LogP contribution is -2.47. The summed E-state index contributed by atoms with van der Waals surface area (Å²) in [6.45, 7) is 5.74. The highest BCUT2D eigenvalue weighted by Crippen LogP contribution is 2.28. The molecule has 0 aromatic heterocycles. The van der Waals surface area contributed by atoms with Gasteiger partial charge in [0.15, 0.2) is 0 Å². The first-order valence-electron chi connectivity index (χ1n) is 10.2. The Morgan fingerprint density at radius 2 is 1.69 bits per heavy atom. The number of rotatable bonds is 9. The summed E-state index contributed by atoms with van der Waals surface area (Å²) >= 11 is 0. The van der Waals surface area contributed by atoms with Crippen LogP contribution in [-0.2, 0) is 11.2 Å². The average Bonchev–Trinajstić information content (AvgIpc) is 2.77. The Labute approximate surface area is 173 Å². The molecule has 2 aromatic rings. The molecule has 2 aromatic carbocycles. The summed E-state index contributed by atoms with van der Waals surface area (Å²) in [5.74, 6) is 1.80. The monoisotopic (exact) mass is 397 g/mol. The number of carbonyl (C=O) groups is 1. The molecule has 0 saturated carbocycles. The molecule has 3 rings (SSSR count). The number of hydrogen-bond acceptors (Lipinski definition) is 5. The normalized spacial score (nSPS) is 14.5. The summed E-state index contributed by atoms with van der Waals surface area (Å²) < 4.78 is 10.6. The quantitative estimate of drug-likeness (QED) is 0.659. The van der Waals surface area contributed by atoms with Crippen molar-refractivity contribution in [1.82, 2.24) is 10.2 Å². The van der Waals surface area contributed by atoms with Crippen molar-refractivity contribution in [2.24, 2.45) is 0 Å². The number of amides is 1. The fraction of sp³-hybridized carbons (Fsp3) is 0.435. The molecular weight excluding hydrogens is 366 g/mol. The minimum absolute atomic E-state index is 0.0659. The van der Waals surface area contributed by atoms with Crippen molar-refractivity contribution in [3.8, 4) is 11.5 Å². The Morgan fingerprint density at radius 3 is 2.38 bits per heavy atom. The molecule has 1 heterocycles. The van der Waals surface area contributed by atoms with E-state index in [0.717, 1.165) is 56.2 Å². The van der Waals surface area contributed by atoms with Crippen LogP contribution in [0.15, 0.2) is 48.5 Å². The second-order valence-corrected chi connectivity index (χ2v) is 7.23. The summed E-state index contributed by atoms with van der Waals surface area (Å²) in [6, 6.07) is 15.8.